The van der Waals surface area contributed by atoms with Gasteiger partial charge in [0.25, 0.3) is 0 Å². The van der Waals surface area contributed by atoms with Gasteiger partial charge < -0.3 is 9.47 Å². The summed E-state index contributed by atoms with van der Waals surface area (Å²) in [5.74, 6) is 0.820. The molecule has 17 heavy (non-hydrogen) atoms. The smallest absolute Gasteiger partial charge is 0.0920 e. The molecule has 0 radical (unpaired) electrons. The highest BCUT2D eigenvalue weighted by molar-refractivity contribution is 5.19. The lowest BCUT2D eigenvalue weighted by molar-refractivity contribution is 0.00305. The summed E-state index contributed by atoms with van der Waals surface area (Å²) < 4.78 is 11.9. The Morgan fingerprint density at radius 2 is 1.71 bits per heavy atom. The Morgan fingerprint density at radius 1 is 0.941 bits per heavy atom. The largest absolute Gasteiger partial charge is 0.368 e. The minimum absolute atomic E-state index is 0.227. The van der Waals surface area contributed by atoms with Crippen molar-refractivity contribution in [3.8, 4) is 0 Å². The molecule has 2 aliphatic heterocycles. The van der Waals surface area contributed by atoms with E-state index in [1.807, 2.05) is 0 Å². The Morgan fingerprint density at radius 3 is 2.47 bits per heavy atom. The molecule has 0 spiro atoms. The van der Waals surface area contributed by atoms with Crippen molar-refractivity contribution in [3.63, 3.8) is 0 Å². The highest BCUT2D eigenvalue weighted by Gasteiger charge is 2.72. The van der Waals surface area contributed by atoms with Crippen molar-refractivity contribution in [3.05, 3.63) is 0 Å². The van der Waals surface area contributed by atoms with Crippen LogP contribution in [0.1, 0.15) is 53.4 Å². The molecule has 2 heteroatoms. The van der Waals surface area contributed by atoms with E-state index >= 15 is 0 Å². The molecule has 0 unspecified atom stereocenters. The van der Waals surface area contributed by atoms with E-state index in [-0.39, 0.29) is 5.60 Å². The molecule has 2 heterocycles. The summed E-state index contributed by atoms with van der Waals surface area (Å²) in [6.07, 6.45) is 6.75. The van der Waals surface area contributed by atoms with Gasteiger partial charge in [-0.25, -0.2) is 0 Å². The van der Waals surface area contributed by atoms with Crippen LogP contribution in [0.2, 0.25) is 0 Å². The Labute approximate surface area is 104 Å². The van der Waals surface area contributed by atoms with Crippen LogP contribution in [0.4, 0.5) is 0 Å². The van der Waals surface area contributed by atoms with Gasteiger partial charge in [0.1, 0.15) is 0 Å². The maximum absolute atomic E-state index is 5.97. The van der Waals surface area contributed by atoms with Crippen LogP contribution in [0.15, 0.2) is 0 Å². The normalized spacial score (nSPS) is 62.8. The fraction of sp³-hybridized carbons (Fsp3) is 1.00. The number of epoxide rings is 2. The van der Waals surface area contributed by atoms with Crippen molar-refractivity contribution in [2.24, 2.45) is 16.7 Å². The monoisotopic (exact) mass is 236 g/mol. The molecule has 2 nitrogen and oxygen atoms in total. The van der Waals surface area contributed by atoms with Gasteiger partial charge in [0.2, 0.25) is 0 Å². The van der Waals surface area contributed by atoms with E-state index in [0.717, 1.165) is 5.92 Å². The Kier molecular flexibility index (Phi) is 1.75. The maximum Gasteiger partial charge on any atom is 0.0920 e. The van der Waals surface area contributed by atoms with Crippen LogP contribution in [0, 0.1) is 16.7 Å². The predicted molar refractivity (Wildman–Crippen MR) is 65.8 cm³/mol. The second kappa shape index (κ2) is 2.75. The maximum atomic E-state index is 5.97. The lowest BCUT2D eigenvalue weighted by Crippen LogP contribution is -2.38. The molecule has 2 saturated carbocycles. The second-order valence-electron chi connectivity index (χ2n) is 7.85. The summed E-state index contributed by atoms with van der Waals surface area (Å²) in [7, 11) is 0. The number of fused-ring (bicyclic) bond motifs is 4. The third kappa shape index (κ3) is 1.19. The van der Waals surface area contributed by atoms with Crippen LogP contribution in [0.5, 0.6) is 0 Å². The second-order valence-corrected chi connectivity index (χ2v) is 7.85. The van der Waals surface area contributed by atoms with Gasteiger partial charge in [0.15, 0.2) is 0 Å². The van der Waals surface area contributed by atoms with E-state index in [1.165, 1.54) is 25.7 Å². The summed E-state index contributed by atoms with van der Waals surface area (Å²) in [5, 5.41) is 0. The first-order chi connectivity index (χ1) is 7.88. The summed E-state index contributed by atoms with van der Waals surface area (Å²) in [4.78, 5) is 0. The van der Waals surface area contributed by atoms with Crippen LogP contribution in [-0.2, 0) is 9.47 Å². The summed E-state index contributed by atoms with van der Waals surface area (Å²) in [5.41, 5.74) is 1.02. The first kappa shape index (κ1) is 10.8. The van der Waals surface area contributed by atoms with E-state index < -0.39 is 0 Å². The van der Waals surface area contributed by atoms with Crippen LogP contribution >= 0.6 is 0 Å². The molecule has 96 valence electrons. The fourth-order valence-electron chi connectivity index (χ4n) is 5.19. The lowest BCUT2D eigenvalue weighted by atomic mass is 9.64. The first-order valence-electron chi connectivity index (χ1n) is 7.21. The van der Waals surface area contributed by atoms with Crippen molar-refractivity contribution >= 4 is 0 Å². The van der Waals surface area contributed by atoms with E-state index in [1.54, 1.807) is 0 Å². The standard InChI is InChI=1S/C15H24O2/c1-13(2)9-5-8-15(4)10(17-15)6-7-14(9,3)12-11(13)16-12/h9-12H,5-8H2,1-4H3/t9-,10+,11+,12-,14+,15-/m1/s1. The third-order valence-corrected chi connectivity index (χ3v) is 6.48. The molecule has 4 aliphatic rings. The zero-order valence-electron chi connectivity index (χ0n) is 11.5. The average molecular weight is 236 g/mol. The van der Waals surface area contributed by atoms with Gasteiger partial charge in [0.05, 0.1) is 23.9 Å². The van der Waals surface area contributed by atoms with Crippen LogP contribution in [0.25, 0.3) is 0 Å². The summed E-state index contributed by atoms with van der Waals surface area (Å²) >= 11 is 0. The van der Waals surface area contributed by atoms with Crippen molar-refractivity contribution in [2.45, 2.75) is 77.3 Å². The molecule has 0 N–H and O–H groups in total. The fourth-order valence-corrected chi connectivity index (χ4v) is 5.19. The number of hydrogen-bond acceptors (Lipinski definition) is 2. The molecular formula is C15H24O2. The van der Waals surface area contributed by atoms with Crippen molar-refractivity contribution in [1.29, 1.82) is 0 Å². The van der Waals surface area contributed by atoms with Crippen LogP contribution in [0.3, 0.4) is 0 Å². The topological polar surface area (TPSA) is 25.1 Å². The zero-order valence-corrected chi connectivity index (χ0v) is 11.5. The number of hydrogen-bond donors (Lipinski definition) is 0. The van der Waals surface area contributed by atoms with E-state index in [4.69, 9.17) is 9.47 Å². The van der Waals surface area contributed by atoms with Gasteiger partial charge in [-0.2, -0.15) is 0 Å². The highest BCUT2D eigenvalue weighted by Crippen LogP contribution is 2.68. The van der Waals surface area contributed by atoms with E-state index in [0.29, 0.717) is 29.1 Å². The zero-order chi connectivity index (χ0) is 12.1. The molecule has 6 atom stereocenters. The Balaban J connectivity index is 1.67. The molecule has 2 aliphatic carbocycles. The summed E-state index contributed by atoms with van der Waals surface area (Å²) in [6, 6.07) is 0. The van der Waals surface area contributed by atoms with Crippen LogP contribution in [-0.4, -0.2) is 23.9 Å². The lowest BCUT2D eigenvalue weighted by Gasteiger charge is -2.42. The van der Waals surface area contributed by atoms with Gasteiger partial charge in [-0.15, -0.1) is 0 Å². The quantitative estimate of drug-likeness (QED) is 0.604. The third-order valence-electron chi connectivity index (χ3n) is 6.48. The molecular weight excluding hydrogens is 212 g/mol. The average Bonchev–Trinajstić information content (AvgIpc) is 3.07. The van der Waals surface area contributed by atoms with Gasteiger partial charge in [-0.1, -0.05) is 20.8 Å². The molecule has 4 rings (SSSR count). The molecule has 0 aromatic carbocycles. The van der Waals surface area contributed by atoms with Gasteiger partial charge in [-0.3, -0.25) is 0 Å². The van der Waals surface area contributed by atoms with E-state index in [9.17, 15) is 0 Å². The van der Waals surface area contributed by atoms with Crippen LogP contribution < -0.4 is 0 Å². The molecule has 4 fully saturated rings. The minimum atomic E-state index is 0.227. The predicted octanol–water partition coefficient (Wildman–Crippen LogP) is 3.15. The molecule has 0 aromatic heterocycles. The van der Waals surface area contributed by atoms with Gasteiger partial charge in [-0.05, 0) is 49.4 Å². The molecule has 0 bridgehead atoms. The van der Waals surface area contributed by atoms with Gasteiger partial charge >= 0.3 is 0 Å². The SMILES string of the molecule is CC1(C)[C@H]2CC[C@@]3(C)O[C@H]3CC[C@]2(C)[C@@H]2O[C@@H]21. The Hall–Kier alpha value is -0.0800. The molecule has 0 aromatic rings. The van der Waals surface area contributed by atoms with Crippen molar-refractivity contribution in [2.75, 3.05) is 0 Å². The highest BCUT2D eigenvalue weighted by atomic mass is 16.6. The number of rotatable bonds is 0. The number of ether oxygens (including phenoxy) is 2. The van der Waals surface area contributed by atoms with Crippen molar-refractivity contribution < 1.29 is 9.47 Å². The Bertz CT molecular complexity index is 377. The summed E-state index contributed by atoms with van der Waals surface area (Å²) in [6.45, 7) is 9.62. The van der Waals surface area contributed by atoms with Gasteiger partial charge in [0, 0.05) is 0 Å². The molecule has 2 saturated heterocycles. The first-order valence-corrected chi connectivity index (χ1v) is 7.21. The molecule has 0 amide bonds. The minimum Gasteiger partial charge on any atom is -0.368 e. The van der Waals surface area contributed by atoms with Crippen molar-refractivity contribution in [1.82, 2.24) is 0 Å². The van der Waals surface area contributed by atoms with E-state index in [2.05, 4.69) is 27.7 Å².